The molecular formula is C15H27N3O3S2. The lowest BCUT2D eigenvalue weighted by atomic mass is 9.99. The van der Waals surface area contributed by atoms with Crippen LogP contribution in [0.1, 0.15) is 41.0 Å². The monoisotopic (exact) mass is 361 g/mol. The van der Waals surface area contributed by atoms with Gasteiger partial charge in [0.2, 0.25) is 15.9 Å². The summed E-state index contributed by atoms with van der Waals surface area (Å²) in [7, 11) is -1.99. The molecule has 6 nitrogen and oxygen atoms in total. The molecule has 1 rings (SSSR count). The van der Waals surface area contributed by atoms with Gasteiger partial charge in [-0.2, -0.15) is 0 Å². The van der Waals surface area contributed by atoms with E-state index in [0.29, 0.717) is 18.1 Å². The predicted molar refractivity (Wildman–Crippen MR) is 96.9 cm³/mol. The molecule has 1 heterocycles. The Bertz CT molecular complexity index is 612. The highest BCUT2D eigenvalue weighted by Gasteiger charge is 2.47. The first-order valence-corrected chi connectivity index (χ1v) is 9.75. The van der Waals surface area contributed by atoms with E-state index in [1.54, 1.807) is 7.05 Å². The minimum Gasteiger partial charge on any atom is -0.319 e. The van der Waals surface area contributed by atoms with Crippen LogP contribution in [0.2, 0.25) is 0 Å². The van der Waals surface area contributed by atoms with E-state index in [0.717, 1.165) is 11.5 Å². The van der Waals surface area contributed by atoms with E-state index in [1.807, 2.05) is 20.8 Å². The second-order valence-electron chi connectivity index (χ2n) is 7.03. The van der Waals surface area contributed by atoms with Crippen molar-refractivity contribution < 1.29 is 13.2 Å². The van der Waals surface area contributed by atoms with Crippen LogP contribution in [-0.2, 0) is 14.8 Å². The number of thioether (sulfide) groups is 1. The van der Waals surface area contributed by atoms with Crippen LogP contribution in [-0.4, -0.2) is 48.6 Å². The molecule has 0 radical (unpaired) electrons. The number of aliphatic imine (C=N–C) groups is 1. The molecule has 0 bridgehead atoms. The summed E-state index contributed by atoms with van der Waals surface area (Å²) in [4.78, 5) is 16.7. The quantitative estimate of drug-likeness (QED) is 0.601. The van der Waals surface area contributed by atoms with Gasteiger partial charge < -0.3 is 5.32 Å². The normalized spacial score (nSPS) is 17.6. The zero-order valence-electron chi connectivity index (χ0n) is 14.8. The Morgan fingerprint density at radius 3 is 2.09 bits per heavy atom. The molecule has 0 aromatic heterocycles. The number of sulfonamides is 1. The molecule has 1 fully saturated rings. The van der Waals surface area contributed by atoms with E-state index in [-0.39, 0.29) is 5.41 Å². The number of rotatable bonds is 5. The number of carbonyl (C=O) groups is 1. The van der Waals surface area contributed by atoms with Crippen molar-refractivity contribution in [1.29, 1.82) is 0 Å². The van der Waals surface area contributed by atoms with E-state index < -0.39 is 20.7 Å². The van der Waals surface area contributed by atoms with Gasteiger partial charge in [0, 0.05) is 25.6 Å². The van der Waals surface area contributed by atoms with Crippen LogP contribution >= 0.6 is 11.8 Å². The van der Waals surface area contributed by atoms with Crippen LogP contribution in [0.4, 0.5) is 0 Å². The summed E-state index contributed by atoms with van der Waals surface area (Å²) < 4.78 is 24.8. The standard InChI is InChI=1S/C15H27N3O3S2/c1-11(22-13(16-7)14(2,3)4)17-12(19)15(5,6)23(20,21)18-9-8-10-18/h1,8-10H2,2-7H3,(H,17,19)/b16-13-. The molecule has 1 saturated heterocycles. The molecule has 1 aliphatic rings. The Morgan fingerprint density at radius 1 is 1.22 bits per heavy atom. The van der Waals surface area contributed by atoms with Gasteiger partial charge in [-0.05, 0) is 20.3 Å². The second-order valence-corrected chi connectivity index (χ2v) is 10.6. The summed E-state index contributed by atoms with van der Waals surface area (Å²) in [6, 6.07) is 0. The maximum Gasteiger partial charge on any atom is 0.247 e. The highest BCUT2D eigenvalue weighted by Crippen LogP contribution is 2.30. The Hall–Kier alpha value is -0.860. The van der Waals surface area contributed by atoms with Crippen molar-refractivity contribution in [3.05, 3.63) is 11.6 Å². The number of amides is 1. The van der Waals surface area contributed by atoms with Gasteiger partial charge in [-0.15, -0.1) is 0 Å². The molecule has 8 heteroatoms. The molecule has 0 unspecified atom stereocenters. The summed E-state index contributed by atoms with van der Waals surface area (Å²) in [6.07, 6.45) is 0.835. The number of nitrogens with zero attached hydrogens (tertiary/aromatic N) is 2. The molecular weight excluding hydrogens is 334 g/mol. The first-order valence-electron chi connectivity index (χ1n) is 7.49. The minimum atomic E-state index is -3.67. The number of hydrogen-bond acceptors (Lipinski definition) is 5. The highest BCUT2D eigenvalue weighted by molar-refractivity contribution is 8.17. The largest absolute Gasteiger partial charge is 0.319 e. The lowest BCUT2D eigenvalue weighted by Gasteiger charge is -2.36. The fraction of sp³-hybridized carbons (Fsp3) is 0.733. The minimum absolute atomic E-state index is 0.174. The fourth-order valence-corrected chi connectivity index (χ4v) is 4.37. The Balaban J connectivity index is 2.80. The summed E-state index contributed by atoms with van der Waals surface area (Å²) in [5.74, 6) is -0.578. The highest BCUT2D eigenvalue weighted by atomic mass is 32.2. The summed E-state index contributed by atoms with van der Waals surface area (Å²) in [5, 5.41) is 3.79. The van der Waals surface area contributed by atoms with Crippen LogP contribution in [0.25, 0.3) is 0 Å². The Kier molecular flexibility index (Phi) is 6.09. The van der Waals surface area contributed by atoms with Crippen molar-refractivity contribution in [2.75, 3.05) is 20.1 Å². The molecule has 132 valence electrons. The summed E-state index contributed by atoms with van der Waals surface area (Å²) >= 11 is 1.25. The van der Waals surface area contributed by atoms with Crippen LogP contribution < -0.4 is 5.32 Å². The third-order valence-corrected chi connectivity index (χ3v) is 7.52. The summed E-state index contributed by atoms with van der Waals surface area (Å²) in [5.41, 5.74) is -0.174. The molecule has 23 heavy (non-hydrogen) atoms. The van der Waals surface area contributed by atoms with Gasteiger partial charge in [0.25, 0.3) is 0 Å². The predicted octanol–water partition coefficient (Wildman–Crippen LogP) is 2.20. The summed E-state index contributed by atoms with van der Waals surface area (Å²) in [6.45, 7) is 13.6. The zero-order chi connectivity index (χ0) is 18.1. The number of nitrogens with one attached hydrogen (secondary N) is 1. The van der Waals surface area contributed by atoms with Gasteiger partial charge in [0.15, 0.2) is 4.75 Å². The fourth-order valence-electron chi connectivity index (χ4n) is 1.92. The van der Waals surface area contributed by atoms with Crippen molar-refractivity contribution >= 4 is 32.7 Å². The van der Waals surface area contributed by atoms with Gasteiger partial charge in [0.05, 0.1) is 10.1 Å². The SMILES string of the molecule is C=C(NC(=O)C(C)(C)S(=O)(=O)N1CCC1)S/C(=N\C)C(C)(C)C. The van der Waals surface area contributed by atoms with E-state index in [9.17, 15) is 13.2 Å². The van der Waals surface area contributed by atoms with E-state index in [2.05, 4.69) is 16.9 Å². The molecule has 0 spiro atoms. The van der Waals surface area contributed by atoms with Crippen LogP contribution in [0.5, 0.6) is 0 Å². The Morgan fingerprint density at radius 2 is 1.74 bits per heavy atom. The van der Waals surface area contributed by atoms with E-state index >= 15 is 0 Å². The molecule has 0 aliphatic carbocycles. The van der Waals surface area contributed by atoms with Gasteiger partial charge in [-0.1, -0.05) is 39.1 Å². The van der Waals surface area contributed by atoms with Gasteiger partial charge in [-0.25, -0.2) is 12.7 Å². The molecule has 1 N–H and O–H groups in total. The van der Waals surface area contributed by atoms with Crippen molar-refractivity contribution in [1.82, 2.24) is 9.62 Å². The average Bonchev–Trinajstić information content (AvgIpc) is 2.31. The van der Waals surface area contributed by atoms with Crippen molar-refractivity contribution in [2.24, 2.45) is 10.4 Å². The molecule has 0 aromatic rings. The third kappa shape index (κ3) is 4.36. The second kappa shape index (κ2) is 6.94. The van der Waals surface area contributed by atoms with Crippen LogP contribution in [0.3, 0.4) is 0 Å². The lowest BCUT2D eigenvalue weighted by Crippen LogP contribution is -2.56. The van der Waals surface area contributed by atoms with Gasteiger partial charge in [0.1, 0.15) is 0 Å². The van der Waals surface area contributed by atoms with Crippen molar-refractivity contribution in [3.63, 3.8) is 0 Å². The van der Waals surface area contributed by atoms with E-state index in [4.69, 9.17) is 0 Å². The first kappa shape index (κ1) is 20.2. The molecule has 0 aromatic carbocycles. The van der Waals surface area contributed by atoms with Crippen LogP contribution in [0, 0.1) is 5.41 Å². The van der Waals surface area contributed by atoms with Gasteiger partial charge in [-0.3, -0.25) is 9.79 Å². The van der Waals surface area contributed by atoms with Gasteiger partial charge >= 0.3 is 0 Å². The first-order chi connectivity index (χ1) is 10.3. The number of hydrogen-bond donors (Lipinski definition) is 1. The smallest absolute Gasteiger partial charge is 0.247 e. The van der Waals surface area contributed by atoms with E-state index in [1.165, 1.54) is 29.9 Å². The van der Waals surface area contributed by atoms with Crippen molar-refractivity contribution in [3.8, 4) is 0 Å². The molecule has 0 saturated carbocycles. The number of carbonyl (C=O) groups excluding carboxylic acids is 1. The zero-order valence-corrected chi connectivity index (χ0v) is 16.4. The molecule has 1 amide bonds. The average molecular weight is 362 g/mol. The lowest BCUT2D eigenvalue weighted by molar-refractivity contribution is -0.122. The molecule has 0 atom stereocenters. The van der Waals surface area contributed by atoms with Crippen LogP contribution in [0.15, 0.2) is 16.6 Å². The Labute approximate surface area is 143 Å². The van der Waals surface area contributed by atoms with Crippen molar-refractivity contribution in [2.45, 2.75) is 45.8 Å². The third-order valence-electron chi connectivity index (χ3n) is 3.66. The topological polar surface area (TPSA) is 78.8 Å². The maximum atomic E-state index is 12.5. The molecule has 1 aliphatic heterocycles. The maximum absolute atomic E-state index is 12.5.